The summed E-state index contributed by atoms with van der Waals surface area (Å²) < 4.78 is 14.1. The van der Waals surface area contributed by atoms with Crippen molar-refractivity contribution in [2.24, 2.45) is 5.73 Å². The predicted octanol–water partition coefficient (Wildman–Crippen LogP) is 2.93. The first-order valence-corrected chi connectivity index (χ1v) is 5.16. The smallest absolute Gasteiger partial charge is 0.142 e. The van der Waals surface area contributed by atoms with Gasteiger partial charge < -0.3 is 5.73 Å². The van der Waals surface area contributed by atoms with Crippen LogP contribution in [0.5, 0.6) is 0 Å². The monoisotopic (exact) mass is 243 g/mol. The number of hydrogen-bond donors (Lipinski definition) is 1. The molecule has 0 spiro atoms. The van der Waals surface area contributed by atoms with Gasteiger partial charge in [-0.25, -0.2) is 4.39 Å². The summed E-state index contributed by atoms with van der Waals surface area (Å²) in [6.07, 6.45) is 2.88. The molecular formula is C10H11BrFN. The Bertz CT molecular complexity index is 334. The summed E-state index contributed by atoms with van der Waals surface area (Å²) in [5, 5.41) is 0. The van der Waals surface area contributed by atoms with Crippen molar-refractivity contribution in [3.63, 3.8) is 0 Å². The summed E-state index contributed by atoms with van der Waals surface area (Å²) in [7, 11) is 0. The fourth-order valence-electron chi connectivity index (χ4n) is 1.72. The summed E-state index contributed by atoms with van der Waals surface area (Å²) in [4.78, 5) is 0. The molecule has 1 aliphatic rings. The van der Waals surface area contributed by atoms with Crippen LogP contribution >= 0.6 is 15.9 Å². The molecule has 1 saturated carbocycles. The van der Waals surface area contributed by atoms with Crippen LogP contribution in [0.1, 0.15) is 24.8 Å². The zero-order chi connectivity index (χ0) is 9.47. The molecule has 1 nitrogen and oxygen atoms in total. The van der Waals surface area contributed by atoms with Crippen molar-refractivity contribution in [2.75, 3.05) is 0 Å². The zero-order valence-electron chi connectivity index (χ0n) is 7.19. The molecule has 0 aromatic heterocycles. The molecule has 0 bridgehead atoms. The minimum Gasteiger partial charge on any atom is -0.321 e. The Kier molecular flexibility index (Phi) is 2.16. The third-order valence-corrected chi connectivity index (χ3v) is 3.35. The second-order valence-electron chi connectivity index (χ2n) is 3.61. The predicted molar refractivity (Wildman–Crippen MR) is 53.8 cm³/mol. The first kappa shape index (κ1) is 9.16. The van der Waals surface area contributed by atoms with Gasteiger partial charge in [-0.3, -0.25) is 0 Å². The largest absolute Gasteiger partial charge is 0.321 e. The van der Waals surface area contributed by atoms with Crippen molar-refractivity contribution in [1.29, 1.82) is 0 Å². The highest BCUT2D eigenvalue weighted by molar-refractivity contribution is 9.10. The van der Waals surface area contributed by atoms with E-state index in [0.29, 0.717) is 10.0 Å². The molecule has 1 fully saturated rings. The van der Waals surface area contributed by atoms with E-state index < -0.39 is 5.54 Å². The number of rotatable bonds is 1. The van der Waals surface area contributed by atoms with E-state index in [9.17, 15) is 4.39 Å². The van der Waals surface area contributed by atoms with Gasteiger partial charge in [-0.1, -0.05) is 12.1 Å². The molecule has 0 atom stereocenters. The Labute approximate surface area is 85.3 Å². The van der Waals surface area contributed by atoms with Gasteiger partial charge in [-0.05, 0) is 41.3 Å². The molecule has 13 heavy (non-hydrogen) atoms. The maximum absolute atomic E-state index is 13.6. The number of nitrogens with two attached hydrogens (primary N) is 1. The van der Waals surface area contributed by atoms with Gasteiger partial charge in [-0.15, -0.1) is 0 Å². The molecule has 0 unspecified atom stereocenters. The molecule has 0 saturated heterocycles. The van der Waals surface area contributed by atoms with Crippen molar-refractivity contribution in [2.45, 2.75) is 24.8 Å². The second-order valence-corrected chi connectivity index (χ2v) is 4.47. The maximum atomic E-state index is 13.6. The van der Waals surface area contributed by atoms with Gasteiger partial charge in [0.05, 0.1) is 4.47 Å². The van der Waals surface area contributed by atoms with Crippen LogP contribution in [0.2, 0.25) is 0 Å². The summed E-state index contributed by atoms with van der Waals surface area (Å²) >= 11 is 3.16. The molecule has 2 rings (SSSR count). The Morgan fingerprint density at radius 1 is 1.38 bits per heavy atom. The SMILES string of the molecule is NC1(c2cccc(Br)c2F)CCC1. The van der Waals surface area contributed by atoms with Crippen LogP contribution in [-0.2, 0) is 5.54 Å². The number of halogens is 2. The second kappa shape index (κ2) is 3.07. The van der Waals surface area contributed by atoms with Gasteiger partial charge >= 0.3 is 0 Å². The van der Waals surface area contributed by atoms with E-state index in [1.165, 1.54) is 0 Å². The highest BCUT2D eigenvalue weighted by Gasteiger charge is 2.36. The lowest BCUT2D eigenvalue weighted by molar-refractivity contribution is 0.245. The minimum absolute atomic E-state index is 0.204. The van der Waals surface area contributed by atoms with Crippen molar-refractivity contribution in [3.05, 3.63) is 34.1 Å². The molecule has 1 aromatic rings. The Morgan fingerprint density at radius 3 is 2.62 bits per heavy atom. The Balaban J connectivity index is 2.45. The Morgan fingerprint density at radius 2 is 2.08 bits per heavy atom. The van der Waals surface area contributed by atoms with E-state index in [2.05, 4.69) is 15.9 Å². The van der Waals surface area contributed by atoms with E-state index in [1.54, 1.807) is 12.1 Å². The van der Waals surface area contributed by atoms with Gasteiger partial charge in [0, 0.05) is 11.1 Å². The lowest BCUT2D eigenvalue weighted by Crippen LogP contribution is -2.44. The lowest BCUT2D eigenvalue weighted by Gasteiger charge is -2.38. The summed E-state index contributed by atoms with van der Waals surface area (Å²) in [5.74, 6) is -0.204. The summed E-state index contributed by atoms with van der Waals surface area (Å²) in [5.41, 5.74) is 6.27. The van der Waals surface area contributed by atoms with Crippen LogP contribution in [0.4, 0.5) is 4.39 Å². The van der Waals surface area contributed by atoms with Gasteiger partial charge in [0.2, 0.25) is 0 Å². The van der Waals surface area contributed by atoms with Crippen molar-refractivity contribution >= 4 is 15.9 Å². The summed E-state index contributed by atoms with van der Waals surface area (Å²) in [6, 6.07) is 5.30. The topological polar surface area (TPSA) is 26.0 Å². The van der Waals surface area contributed by atoms with Gasteiger partial charge in [-0.2, -0.15) is 0 Å². The minimum atomic E-state index is -0.409. The molecular weight excluding hydrogens is 233 g/mol. The summed E-state index contributed by atoms with van der Waals surface area (Å²) in [6.45, 7) is 0. The van der Waals surface area contributed by atoms with Gasteiger partial charge in [0.15, 0.2) is 0 Å². The van der Waals surface area contributed by atoms with E-state index in [1.807, 2.05) is 6.07 Å². The van der Waals surface area contributed by atoms with E-state index in [0.717, 1.165) is 19.3 Å². The van der Waals surface area contributed by atoms with Crippen molar-refractivity contribution < 1.29 is 4.39 Å². The normalized spacial score (nSPS) is 19.6. The average Bonchev–Trinajstić information content (AvgIpc) is 2.06. The molecule has 1 aromatic carbocycles. The maximum Gasteiger partial charge on any atom is 0.142 e. The standard InChI is InChI=1S/C10H11BrFN/c11-8-4-1-3-7(9(8)12)10(13)5-2-6-10/h1,3-4H,2,5-6,13H2. The number of benzene rings is 1. The molecule has 0 heterocycles. The fourth-order valence-corrected chi connectivity index (χ4v) is 2.08. The molecule has 70 valence electrons. The van der Waals surface area contributed by atoms with Crippen molar-refractivity contribution in [3.8, 4) is 0 Å². The highest BCUT2D eigenvalue weighted by atomic mass is 79.9. The van der Waals surface area contributed by atoms with Gasteiger partial charge in [0.25, 0.3) is 0 Å². The van der Waals surface area contributed by atoms with Crippen LogP contribution in [0.3, 0.4) is 0 Å². The molecule has 0 amide bonds. The number of hydrogen-bond acceptors (Lipinski definition) is 1. The lowest BCUT2D eigenvalue weighted by atomic mass is 9.72. The van der Waals surface area contributed by atoms with Crippen LogP contribution in [0, 0.1) is 5.82 Å². The van der Waals surface area contributed by atoms with Crippen LogP contribution in [-0.4, -0.2) is 0 Å². The van der Waals surface area contributed by atoms with Crippen molar-refractivity contribution in [1.82, 2.24) is 0 Å². The zero-order valence-corrected chi connectivity index (χ0v) is 8.77. The molecule has 2 N–H and O–H groups in total. The third-order valence-electron chi connectivity index (χ3n) is 2.73. The molecule has 0 aliphatic heterocycles. The molecule has 1 aliphatic carbocycles. The first-order valence-electron chi connectivity index (χ1n) is 4.37. The fraction of sp³-hybridized carbons (Fsp3) is 0.400. The van der Waals surface area contributed by atoms with E-state index in [-0.39, 0.29) is 5.82 Å². The quantitative estimate of drug-likeness (QED) is 0.807. The highest BCUT2D eigenvalue weighted by Crippen LogP contribution is 2.40. The molecule has 0 radical (unpaired) electrons. The first-order chi connectivity index (χ1) is 6.13. The van der Waals surface area contributed by atoms with E-state index in [4.69, 9.17) is 5.73 Å². The van der Waals surface area contributed by atoms with Gasteiger partial charge in [0.1, 0.15) is 5.82 Å². The average molecular weight is 244 g/mol. The van der Waals surface area contributed by atoms with Crippen LogP contribution < -0.4 is 5.73 Å². The molecule has 3 heteroatoms. The van der Waals surface area contributed by atoms with E-state index >= 15 is 0 Å². The van der Waals surface area contributed by atoms with Crippen LogP contribution in [0.15, 0.2) is 22.7 Å². The van der Waals surface area contributed by atoms with Crippen LogP contribution in [0.25, 0.3) is 0 Å². The Hall–Kier alpha value is -0.410. The third kappa shape index (κ3) is 1.40.